The average molecular weight is 192 g/mol. The van der Waals surface area contributed by atoms with Crippen molar-refractivity contribution in [2.75, 3.05) is 0 Å². The highest BCUT2D eigenvalue weighted by Crippen LogP contribution is 2.24. The van der Waals surface area contributed by atoms with Crippen LogP contribution >= 0.6 is 0 Å². The van der Waals surface area contributed by atoms with Crippen molar-refractivity contribution in [3.63, 3.8) is 0 Å². The number of imidazole rings is 1. The van der Waals surface area contributed by atoms with Gasteiger partial charge in [0.15, 0.2) is 5.78 Å². The summed E-state index contributed by atoms with van der Waals surface area (Å²) in [4.78, 5) is 16.0. The van der Waals surface area contributed by atoms with E-state index in [1.165, 1.54) is 0 Å². The van der Waals surface area contributed by atoms with Crippen molar-refractivity contribution in [2.24, 2.45) is 7.05 Å². The number of ketones is 1. The molecule has 0 fully saturated rings. The van der Waals surface area contributed by atoms with E-state index in [1.807, 2.05) is 7.05 Å². The Hall–Kier alpha value is -1.12. The maximum Gasteiger partial charge on any atom is 0.183 e. The van der Waals surface area contributed by atoms with Crippen LogP contribution < -0.4 is 0 Å². The summed E-state index contributed by atoms with van der Waals surface area (Å²) in [5, 5.41) is 0. The Bertz CT molecular complexity index is 377. The van der Waals surface area contributed by atoms with Crippen LogP contribution in [-0.4, -0.2) is 15.3 Å². The van der Waals surface area contributed by atoms with Crippen molar-refractivity contribution < 1.29 is 4.79 Å². The lowest BCUT2D eigenvalue weighted by Crippen LogP contribution is -2.12. The Kier molecular flexibility index (Phi) is 2.17. The molecule has 0 N–H and O–H groups in total. The highest BCUT2D eigenvalue weighted by molar-refractivity contribution is 5.96. The molecule has 0 saturated heterocycles. The van der Waals surface area contributed by atoms with E-state index < -0.39 is 0 Å². The first kappa shape index (κ1) is 9.44. The number of carbonyl (C=O) groups is 1. The molecule has 2 rings (SSSR count). The Morgan fingerprint density at radius 1 is 1.36 bits per heavy atom. The van der Waals surface area contributed by atoms with Crippen LogP contribution in [0.2, 0.25) is 0 Å². The summed E-state index contributed by atoms with van der Waals surface area (Å²) in [6.07, 6.45) is 2.64. The van der Waals surface area contributed by atoms with Crippen molar-refractivity contribution in [3.05, 3.63) is 17.2 Å². The molecule has 0 spiro atoms. The molecule has 1 aliphatic rings. The van der Waals surface area contributed by atoms with Gasteiger partial charge in [0, 0.05) is 25.1 Å². The lowest BCUT2D eigenvalue weighted by atomic mass is 10.00. The number of hydrogen-bond acceptors (Lipinski definition) is 2. The molecular weight excluding hydrogens is 176 g/mol. The number of aromatic nitrogens is 2. The molecule has 0 aromatic carbocycles. The molecule has 1 heterocycles. The van der Waals surface area contributed by atoms with E-state index in [4.69, 9.17) is 0 Å². The van der Waals surface area contributed by atoms with E-state index in [-0.39, 0.29) is 5.78 Å². The minimum atomic E-state index is 0.216. The second-order valence-corrected chi connectivity index (χ2v) is 4.26. The number of carbonyl (C=O) groups excluding carboxylic acids is 1. The van der Waals surface area contributed by atoms with E-state index >= 15 is 0 Å². The lowest BCUT2D eigenvalue weighted by Gasteiger charge is -2.11. The molecular formula is C11H16N2O. The van der Waals surface area contributed by atoms with Crippen molar-refractivity contribution in [1.29, 1.82) is 0 Å². The Morgan fingerprint density at radius 3 is 2.64 bits per heavy atom. The van der Waals surface area contributed by atoms with Crippen LogP contribution in [0.4, 0.5) is 0 Å². The molecule has 3 heteroatoms. The van der Waals surface area contributed by atoms with Crippen LogP contribution in [0.1, 0.15) is 54.6 Å². The van der Waals surface area contributed by atoms with Crippen LogP contribution in [0.5, 0.6) is 0 Å². The molecule has 0 radical (unpaired) electrons. The molecule has 0 amide bonds. The minimum absolute atomic E-state index is 0.216. The third-order valence-corrected chi connectivity index (χ3v) is 2.85. The average Bonchev–Trinajstić information content (AvgIpc) is 2.46. The fourth-order valence-corrected chi connectivity index (χ4v) is 2.11. The SMILES string of the molecule is CC(C)c1nc2c(n1C)CCCC2=O. The van der Waals surface area contributed by atoms with Gasteiger partial charge in [0.25, 0.3) is 0 Å². The smallest absolute Gasteiger partial charge is 0.183 e. The molecule has 0 aliphatic heterocycles. The van der Waals surface area contributed by atoms with Crippen LogP contribution in [0, 0.1) is 0 Å². The quantitative estimate of drug-likeness (QED) is 0.682. The summed E-state index contributed by atoms with van der Waals surface area (Å²) >= 11 is 0. The van der Waals surface area contributed by atoms with Crippen LogP contribution in [0.15, 0.2) is 0 Å². The Balaban J connectivity index is 2.54. The lowest BCUT2D eigenvalue weighted by molar-refractivity contribution is 0.0967. The van der Waals surface area contributed by atoms with Crippen molar-refractivity contribution in [3.8, 4) is 0 Å². The molecule has 1 aromatic heterocycles. The highest BCUT2D eigenvalue weighted by atomic mass is 16.1. The van der Waals surface area contributed by atoms with Gasteiger partial charge in [-0.1, -0.05) is 13.8 Å². The summed E-state index contributed by atoms with van der Waals surface area (Å²) < 4.78 is 2.09. The van der Waals surface area contributed by atoms with Crippen molar-refractivity contribution >= 4 is 5.78 Å². The largest absolute Gasteiger partial charge is 0.334 e. The topological polar surface area (TPSA) is 34.9 Å². The number of hydrogen-bond donors (Lipinski definition) is 0. The zero-order valence-corrected chi connectivity index (χ0v) is 9.00. The molecule has 0 saturated carbocycles. The molecule has 0 bridgehead atoms. The van der Waals surface area contributed by atoms with Gasteiger partial charge in [-0.2, -0.15) is 0 Å². The summed E-state index contributed by atoms with van der Waals surface area (Å²) in [5.74, 6) is 1.64. The Morgan fingerprint density at radius 2 is 2.07 bits per heavy atom. The first-order valence-corrected chi connectivity index (χ1v) is 5.20. The van der Waals surface area contributed by atoms with Gasteiger partial charge in [0.05, 0.1) is 0 Å². The van der Waals surface area contributed by atoms with Crippen molar-refractivity contribution in [1.82, 2.24) is 9.55 Å². The van der Waals surface area contributed by atoms with Gasteiger partial charge in [-0.05, 0) is 12.8 Å². The van der Waals surface area contributed by atoms with E-state index in [2.05, 4.69) is 23.4 Å². The molecule has 76 valence electrons. The van der Waals surface area contributed by atoms with Gasteiger partial charge in [-0.25, -0.2) is 4.98 Å². The van der Waals surface area contributed by atoms with Crippen LogP contribution in [-0.2, 0) is 13.5 Å². The van der Waals surface area contributed by atoms with Gasteiger partial charge < -0.3 is 4.57 Å². The molecule has 1 aliphatic carbocycles. The maximum absolute atomic E-state index is 11.6. The van der Waals surface area contributed by atoms with Gasteiger partial charge in [-0.3, -0.25) is 4.79 Å². The summed E-state index contributed by atoms with van der Waals surface area (Å²) in [6.45, 7) is 4.22. The van der Waals surface area contributed by atoms with Crippen LogP contribution in [0.25, 0.3) is 0 Å². The first-order chi connectivity index (χ1) is 6.61. The predicted octanol–water partition coefficient (Wildman–Crippen LogP) is 2.06. The number of Topliss-reactive ketones (excluding diaryl/α,β-unsaturated/α-hetero) is 1. The minimum Gasteiger partial charge on any atom is -0.334 e. The zero-order valence-electron chi connectivity index (χ0n) is 9.00. The van der Waals surface area contributed by atoms with Gasteiger partial charge in [-0.15, -0.1) is 0 Å². The van der Waals surface area contributed by atoms with E-state index in [1.54, 1.807) is 0 Å². The van der Waals surface area contributed by atoms with Gasteiger partial charge in [0.1, 0.15) is 11.5 Å². The normalized spacial score (nSPS) is 16.1. The second kappa shape index (κ2) is 3.23. The standard InChI is InChI=1S/C11H16N2O/c1-7(2)11-12-10-8(13(11)3)5-4-6-9(10)14/h7H,4-6H2,1-3H3. The molecule has 3 nitrogen and oxygen atoms in total. The molecule has 0 unspecified atom stereocenters. The summed E-state index contributed by atoms with van der Waals surface area (Å²) in [5.41, 5.74) is 1.85. The third-order valence-electron chi connectivity index (χ3n) is 2.85. The predicted molar refractivity (Wildman–Crippen MR) is 54.6 cm³/mol. The van der Waals surface area contributed by atoms with Crippen molar-refractivity contribution in [2.45, 2.75) is 39.0 Å². The first-order valence-electron chi connectivity index (χ1n) is 5.20. The van der Waals surface area contributed by atoms with Gasteiger partial charge >= 0.3 is 0 Å². The van der Waals surface area contributed by atoms with Gasteiger partial charge in [0.2, 0.25) is 0 Å². The monoisotopic (exact) mass is 192 g/mol. The molecule has 0 atom stereocenters. The van der Waals surface area contributed by atoms with Crippen LogP contribution in [0.3, 0.4) is 0 Å². The number of nitrogens with zero attached hydrogens (tertiary/aromatic N) is 2. The molecule has 1 aromatic rings. The number of fused-ring (bicyclic) bond motifs is 1. The summed E-state index contributed by atoms with van der Waals surface area (Å²) in [7, 11) is 2.01. The maximum atomic E-state index is 11.6. The fourth-order valence-electron chi connectivity index (χ4n) is 2.11. The number of rotatable bonds is 1. The zero-order chi connectivity index (χ0) is 10.3. The fraction of sp³-hybridized carbons (Fsp3) is 0.636. The second-order valence-electron chi connectivity index (χ2n) is 4.26. The highest BCUT2D eigenvalue weighted by Gasteiger charge is 2.24. The van der Waals surface area contributed by atoms with E-state index in [0.29, 0.717) is 12.3 Å². The van der Waals surface area contributed by atoms with E-state index in [0.717, 1.165) is 30.1 Å². The van der Waals surface area contributed by atoms with E-state index in [9.17, 15) is 4.79 Å². The molecule has 14 heavy (non-hydrogen) atoms. The Labute approximate surface area is 84.1 Å². The third kappa shape index (κ3) is 1.27. The summed E-state index contributed by atoms with van der Waals surface area (Å²) in [6, 6.07) is 0.